The summed E-state index contributed by atoms with van der Waals surface area (Å²) in [5.74, 6) is 0. The van der Waals surface area contributed by atoms with Gasteiger partial charge in [-0.25, -0.2) is 0 Å². The predicted octanol–water partition coefficient (Wildman–Crippen LogP) is 3.74. The van der Waals surface area contributed by atoms with E-state index in [1.807, 2.05) is 0 Å². The molecule has 2 aliphatic rings. The van der Waals surface area contributed by atoms with E-state index in [-0.39, 0.29) is 0 Å². The van der Waals surface area contributed by atoms with Crippen molar-refractivity contribution in [2.24, 2.45) is 0 Å². The van der Waals surface area contributed by atoms with Crippen molar-refractivity contribution in [1.82, 2.24) is 4.90 Å². The molecule has 2 fully saturated rings. The van der Waals surface area contributed by atoms with E-state index in [4.69, 9.17) is 4.74 Å². The molecule has 2 heteroatoms. The maximum Gasteiger partial charge on any atom is 0.111 e. The molecule has 0 bridgehead atoms. The molecule has 0 N–H and O–H groups in total. The first-order valence-electron chi connectivity index (χ1n) is 7.34. The second-order valence-electron chi connectivity index (χ2n) is 5.54. The highest BCUT2D eigenvalue weighted by Gasteiger charge is 2.41. The molecule has 2 aliphatic heterocycles. The fourth-order valence-electron chi connectivity index (χ4n) is 3.54. The van der Waals surface area contributed by atoms with Gasteiger partial charge in [-0.2, -0.15) is 0 Å². The molecule has 0 amide bonds. The largest absolute Gasteiger partial charge is 0.361 e. The van der Waals surface area contributed by atoms with Crippen molar-refractivity contribution in [3.05, 3.63) is 35.9 Å². The molecule has 2 nitrogen and oxygen atoms in total. The summed E-state index contributed by atoms with van der Waals surface area (Å²) in [5, 5.41) is 0. The molecule has 98 valence electrons. The zero-order valence-electron chi connectivity index (χ0n) is 11.2. The molecular formula is C16H23NO. The Morgan fingerprint density at radius 1 is 1.22 bits per heavy atom. The molecule has 0 radical (unpaired) electrons. The van der Waals surface area contributed by atoms with Crippen molar-refractivity contribution < 1.29 is 4.74 Å². The SMILES string of the molecule is CCC[C@@H]1CCCC2OC[C@@H](c3ccccc3)N21. The van der Waals surface area contributed by atoms with Crippen LogP contribution >= 0.6 is 0 Å². The van der Waals surface area contributed by atoms with Crippen LogP contribution in [0, 0.1) is 0 Å². The van der Waals surface area contributed by atoms with Gasteiger partial charge in [0.1, 0.15) is 6.23 Å². The van der Waals surface area contributed by atoms with Gasteiger partial charge in [0.25, 0.3) is 0 Å². The Labute approximate surface area is 110 Å². The summed E-state index contributed by atoms with van der Waals surface area (Å²) in [4.78, 5) is 2.66. The summed E-state index contributed by atoms with van der Waals surface area (Å²) < 4.78 is 6.03. The summed E-state index contributed by atoms with van der Waals surface area (Å²) in [7, 11) is 0. The van der Waals surface area contributed by atoms with E-state index in [9.17, 15) is 0 Å². The van der Waals surface area contributed by atoms with Crippen molar-refractivity contribution in [3.63, 3.8) is 0 Å². The van der Waals surface area contributed by atoms with Gasteiger partial charge < -0.3 is 4.74 Å². The predicted molar refractivity (Wildman–Crippen MR) is 73.3 cm³/mol. The van der Waals surface area contributed by atoms with Gasteiger partial charge >= 0.3 is 0 Å². The first-order chi connectivity index (χ1) is 8.90. The van der Waals surface area contributed by atoms with Crippen LogP contribution in [0.1, 0.15) is 50.6 Å². The van der Waals surface area contributed by atoms with E-state index in [0.717, 1.165) is 12.6 Å². The molecule has 3 atom stereocenters. The number of piperidine rings is 1. The highest BCUT2D eigenvalue weighted by atomic mass is 16.5. The Balaban J connectivity index is 1.83. The molecule has 1 aromatic carbocycles. The summed E-state index contributed by atoms with van der Waals surface area (Å²) in [6, 6.07) is 12.1. The first-order valence-corrected chi connectivity index (χ1v) is 7.34. The third kappa shape index (κ3) is 2.19. The van der Waals surface area contributed by atoms with Gasteiger partial charge in [-0.1, -0.05) is 43.7 Å². The fraction of sp³-hybridized carbons (Fsp3) is 0.625. The molecule has 1 aromatic rings. The first kappa shape index (κ1) is 12.2. The second kappa shape index (κ2) is 5.41. The van der Waals surface area contributed by atoms with Crippen molar-refractivity contribution >= 4 is 0 Å². The van der Waals surface area contributed by atoms with E-state index in [1.165, 1.54) is 37.7 Å². The van der Waals surface area contributed by atoms with Gasteiger partial charge in [0.05, 0.1) is 12.6 Å². The van der Waals surface area contributed by atoms with Crippen LogP contribution in [0.5, 0.6) is 0 Å². The quantitative estimate of drug-likeness (QED) is 0.804. The fourth-order valence-corrected chi connectivity index (χ4v) is 3.54. The maximum absolute atomic E-state index is 6.03. The van der Waals surface area contributed by atoms with Crippen LogP contribution < -0.4 is 0 Å². The lowest BCUT2D eigenvalue weighted by molar-refractivity contribution is -0.0283. The van der Waals surface area contributed by atoms with Crippen molar-refractivity contribution in [2.75, 3.05) is 6.61 Å². The Kier molecular flexibility index (Phi) is 3.67. The second-order valence-corrected chi connectivity index (χ2v) is 5.54. The van der Waals surface area contributed by atoms with Crippen LogP contribution in [0.2, 0.25) is 0 Å². The van der Waals surface area contributed by atoms with Crippen LogP contribution in [-0.2, 0) is 4.74 Å². The molecular weight excluding hydrogens is 222 g/mol. The number of hydrogen-bond donors (Lipinski definition) is 0. The number of fused-ring (bicyclic) bond motifs is 1. The minimum absolute atomic E-state index is 0.375. The van der Waals surface area contributed by atoms with Gasteiger partial charge in [-0.15, -0.1) is 0 Å². The highest BCUT2D eigenvalue weighted by Crippen LogP contribution is 2.39. The molecule has 0 aromatic heterocycles. The van der Waals surface area contributed by atoms with Gasteiger partial charge in [-0.05, 0) is 31.2 Å². The van der Waals surface area contributed by atoms with E-state index in [1.54, 1.807) is 0 Å². The summed E-state index contributed by atoms with van der Waals surface area (Å²) in [5.41, 5.74) is 1.42. The molecule has 2 saturated heterocycles. The summed E-state index contributed by atoms with van der Waals surface area (Å²) in [6.07, 6.45) is 6.84. The van der Waals surface area contributed by atoms with Gasteiger partial charge in [0.15, 0.2) is 0 Å². The average molecular weight is 245 g/mol. The Morgan fingerprint density at radius 3 is 2.83 bits per heavy atom. The van der Waals surface area contributed by atoms with Gasteiger partial charge in [-0.3, -0.25) is 4.90 Å². The summed E-state index contributed by atoms with van der Waals surface area (Å²) >= 11 is 0. The standard InChI is InChI=1S/C16H23NO/c1-2-7-14-10-6-11-16-17(14)15(12-18-16)13-8-4-3-5-9-13/h3-5,8-9,14-16H,2,6-7,10-12H2,1H3/t14-,15+,16?/m1/s1. The highest BCUT2D eigenvalue weighted by molar-refractivity contribution is 5.20. The van der Waals surface area contributed by atoms with E-state index in [2.05, 4.69) is 42.2 Å². The lowest BCUT2D eigenvalue weighted by Gasteiger charge is -2.39. The van der Waals surface area contributed by atoms with Gasteiger partial charge in [0.2, 0.25) is 0 Å². The lowest BCUT2D eigenvalue weighted by Crippen LogP contribution is -2.44. The van der Waals surface area contributed by atoms with Crippen LogP contribution in [0.4, 0.5) is 0 Å². The van der Waals surface area contributed by atoms with E-state index < -0.39 is 0 Å². The molecule has 18 heavy (non-hydrogen) atoms. The van der Waals surface area contributed by atoms with Crippen LogP contribution in [-0.4, -0.2) is 23.8 Å². The van der Waals surface area contributed by atoms with Crippen molar-refractivity contribution in [1.29, 1.82) is 0 Å². The Hall–Kier alpha value is -0.860. The molecule has 1 unspecified atom stereocenters. The minimum atomic E-state index is 0.375. The van der Waals surface area contributed by atoms with E-state index in [0.29, 0.717) is 12.3 Å². The average Bonchev–Trinajstić information content (AvgIpc) is 2.85. The third-order valence-electron chi connectivity index (χ3n) is 4.36. The molecule has 0 saturated carbocycles. The zero-order valence-corrected chi connectivity index (χ0v) is 11.2. The zero-order chi connectivity index (χ0) is 12.4. The van der Waals surface area contributed by atoms with Crippen molar-refractivity contribution in [2.45, 2.75) is 57.3 Å². The van der Waals surface area contributed by atoms with E-state index >= 15 is 0 Å². The number of benzene rings is 1. The number of hydrogen-bond acceptors (Lipinski definition) is 2. The minimum Gasteiger partial charge on any atom is -0.361 e. The third-order valence-corrected chi connectivity index (χ3v) is 4.36. The smallest absolute Gasteiger partial charge is 0.111 e. The molecule has 3 rings (SSSR count). The van der Waals surface area contributed by atoms with Gasteiger partial charge in [0, 0.05) is 6.04 Å². The van der Waals surface area contributed by atoms with Crippen LogP contribution in [0.25, 0.3) is 0 Å². The Morgan fingerprint density at radius 2 is 2.06 bits per heavy atom. The molecule has 0 aliphatic carbocycles. The van der Waals surface area contributed by atoms with Crippen molar-refractivity contribution in [3.8, 4) is 0 Å². The normalized spacial score (nSPS) is 32.4. The number of rotatable bonds is 3. The number of nitrogens with zero attached hydrogens (tertiary/aromatic N) is 1. The lowest BCUT2D eigenvalue weighted by atomic mass is 9.94. The summed E-state index contributed by atoms with van der Waals surface area (Å²) in [6.45, 7) is 3.16. The Bertz CT molecular complexity index is 376. The monoisotopic (exact) mass is 245 g/mol. The number of ether oxygens (including phenoxy) is 1. The topological polar surface area (TPSA) is 12.5 Å². The maximum atomic E-state index is 6.03. The van der Waals surface area contributed by atoms with Crippen LogP contribution in [0.3, 0.4) is 0 Å². The van der Waals surface area contributed by atoms with Crippen LogP contribution in [0.15, 0.2) is 30.3 Å². The molecule has 2 heterocycles. The molecule has 0 spiro atoms.